The van der Waals surface area contributed by atoms with Crippen molar-refractivity contribution in [3.63, 3.8) is 0 Å². The van der Waals surface area contributed by atoms with Crippen molar-refractivity contribution in [2.24, 2.45) is 0 Å². The van der Waals surface area contributed by atoms with E-state index < -0.39 is 11.1 Å². The lowest BCUT2D eigenvalue weighted by molar-refractivity contribution is -0.135. The maximum absolute atomic E-state index is 12.8. The summed E-state index contributed by atoms with van der Waals surface area (Å²) in [5.74, 6) is 0.0133. The molecule has 0 bridgehead atoms. The number of thioether (sulfide) groups is 1. The lowest BCUT2D eigenvalue weighted by Crippen LogP contribution is -2.40. The molecular weight excluding hydrogens is 400 g/mol. The fourth-order valence-electron chi connectivity index (χ4n) is 3.45. The van der Waals surface area contributed by atoms with Gasteiger partial charge in [0.2, 0.25) is 5.91 Å². The lowest BCUT2D eigenvalue weighted by Gasteiger charge is -2.18. The van der Waals surface area contributed by atoms with Gasteiger partial charge in [-0.15, -0.1) is 0 Å². The predicted octanol–water partition coefficient (Wildman–Crippen LogP) is 3.92. The Bertz CT molecular complexity index is 984. The minimum atomic E-state index is -0.435. The van der Waals surface area contributed by atoms with E-state index in [4.69, 9.17) is 4.74 Å². The third-order valence-electron chi connectivity index (χ3n) is 5.07. The van der Waals surface area contributed by atoms with E-state index in [-0.39, 0.29) is 12.5 Å². The highest BCUT2D eigenvalue weighted by Gasteiger charge is 2.37. The van der Waals surface area contributed by atoms with Gasteiger partial charge >= 0.3 is 0 Å². The van der Waals surface area contributed by atoms with Crippen LogP contribution in [-0.4, -0.2) is 46.5 Å². The molecule has 0 aromatic heterocycles. The first-order valence-corrected chi connectivity index (χ1v) is 10.7. The quantitative estimate of drug-likeness (QED) is 0.660. The van der Waals surface area contributed by atoms with E-state index >= 15 is 0 Å². The highest BCUT2D eigenvalue weighted by Crippen LogP contribution is 2.34. The normalized spacial score (nSPS) is 17.8. The molecule has 30 heavy (non-hydrogen) atoms. The van der Waals surface area contributed by atoms with Crippen LogP contribution in [0.25, 0.3) is 6.08 Å². The number of amides is 3. The van der Waals surface area contributed by atoms with E-state index in [1.807, 2.05) is 54.6 Å². The van der Waals surface area contributed by atoms with Gasteiger partial charge in [-0.05, 0) is 42.3 Å². The smallest absolute Gasteiger partial charge is 0.294 e. The number of ether oxygens (including phenoxy) is 1. The summed E-state index contributed by atoms with van der Waals surface area (Å²) in [5.41, 5.74) is 1.75. The van der Waals surface area contributed by atoms with Crippen LogP contribution >= 0.6 is 11.8 Å². The zero-order valence-corrected chi connectivity index (χ0v) is 17.3. The second kappa shape index (κ2) is 9.17. The molecule has 2 heterocycles. The van der Waals surface area contributed by atoms with Gasteiger partial charge in [0.05, 0.1) is 4.91 Å². The van der Waals surface area contributed by atoms with Crippen LogP contribution in [0, 0.1) is 0 Å². The van der Waals surface area contributed by atoms with E-state index in [0.29, 0.717) is 35.9 Å². The van der Waals surface area contributed by atoms with Crippen LogP contribution in [0.15, 0.2) is 59.5 Å². The van der Waals surface area contributed by atoms with E-state index in [1.165, 1.54) is 0 Å². The van der Waals surface area contributed by atoms with E-state index in [9.17, 15) is 14.4 Å². The lowest BCUT2D eigenvalue weighted by atomic mass is 10.1. The summed E-state index contributed by atoms with van der Waals surface area (Å²) in [6.07, 6.45) is 3.59. The Morgan fingerprint density at radius 1 is 1.00 bits per heavy atom. The van der Waals surface area contributed by atoms with Crippen LogP contribution in [0.4, 0.5) is 4.79 Å². The van der Waals surface area contributed by atoms with Crippen LogP contribution in [-0.2, 0) is 16.2 Å². The van der Waals surface area contributed by atoms with Crippen molar-refractivity contribution in [2.75, 3.05) is 19.6 Å². The van der Waals surface area contributed by atoms with Crippen LogP contribution in [0.3, 0.4) is 0 Å². The second-order valence-electron chi connectivity index (χ2n) is 7.17. The molecule has 0 N–H and O–H groups in total. The third-order valence-corrected chi connectivity index (χ3v) is 5.98. The fourth-order valence-corrected chi connectivity index (χ4v) is 4.28. The number of benzene rings is 2. The number of carbonyl (C=O) groups excluding carboxylic acids is 3. The number of hydrogen-bond donors (Lipinski definition) is 0. The van der Waals surface area contributed by atoms with Crippen molar-refractivity contribution in [3.8, 4) is 5.75 Å². The van der Waals surface area contributed by atoms with Crippen LogP contribution in [0.2, 0.25) is 0 Å². The summed E-state index contributed by atoms with van der Waals surface area (Å²) >= 11 is 0.857. The molecular formula is C23H22N2O4S. The molecule has 2 aromatic carbocycles. The minimum absolute atomic E-state index is 0.178. The number of likely N-dealkylation sites (tertiary alicyclic amines) is 1. The van der Waals surface area contributed by atoms with Gasteiger partial charge in [0, 0.05) is 18.7 Å². The molecule has 0 saturated carbocycles. The summed E-state index contributed by atoms with van der Waals surface area (Å²) in [6.45, 7) is 1.58. The first kappa shape index (κ1) is 20.2. The van der Waals surface area contributed by atoms with Gasteiger partial charge in [0.1, 0.15) is 18.9 Å². The van der Waals surface area contributed by atoms with Crippen LogP contribution in [0.1, 0.15) is 24.0 Å². The summed E-state index contributed by atoms with van der Waals surface area (Å²) in [5, 5.41) is -0.415. The molecule has 2 saturated heterocycles. The Labute approximate surface area is 179 Å². The molecule has 0 spiro atoms. The molecule has 4 rings (SSSR count). The monoisotopic (exact) mass is 422 g/mol. The molecule has 2 aliphatic heterocycles. The third kappa shape index (κ3) is 4.57. The standard InChI is InChI=1S/C23H22N2O4S/c26-21(24-12-6-7-13-24)15-25-22(27)20(30-23(25)28)14-18-10-4-5-11-19(18)29-16-17-8-2-1-3-9-17/h1-5,8-11,14H,6-7,12-13,15-16H2/b20-14+. The molecule has 3 amide bonds. The first-order valence-electron chi connectivity index (χ1n) is 9.91. The van der Waals surface area contributed by atoms with Crippen LogP contribution in [0.5, 0.6) is 5.75 Å². The fraction of sp³-hybridized carbons (Fsp3) is 0.261. The van der Waals surface area contributed by atoms with E-state index in [1.54, 1.807) is 11.0 Å². The van der Waals surface area contributed by atoms with Crippen molar-refractivity contribution in [3.05, 3.63) is 70.6 Å². The van der Waals surface area contributed by atoms with Crippen molar-refractivity contribution in [1.82, 2.24) is 9.80 Å². The van der Waals surface area contributed by atoms with Crippen LogP contribution < -0.4 is 4.74 Å². The minimum Gasteiger partial charge on any atom is -0.488 e. The van der Waals surface area contributed by atoms with Gasteiger partial charge in [-0.2, -0.15) is 0 Å². The van der Waals surface area contributed by atoms with Gasteiger partial charge in [-0.3, -0.25) is 19.3 Å². The molecule has 7 heteroatoms. The predicted molar refractivity (Wildman–Crippen MR) is 116 cm³/mol. The van der Waals surface area contributed by atoms with Gasteiger partial charge in [0.25, 0.3) is 11.1 Å². The topological polar surface area (TPSA) is 66.9 Å². The van der Waals surface area contributed by atoms with Gasteiger partial charge in [-0.1, -0.05) is 48.5 Å². The average Bonchev–Trinajstić information content (AvgIpc) is 3.39. The van der Waals surface area contributed by atoms with Crippen molar-refractivity contribution in [1.29, 1.82) is 0 Å². The summed E-state index contributed by atoms with van der Waals surface area (Å²) in [7, 11) is 0. The number of para-hydroxylation sites is 1. The number of nitrogens with zero attached hydrogens (tertiary/aromatic N) is 2. The zero-order chi connectivity index (χ0) is 20.9. The van der Waals surface area contributed by atoms with Crippen molar-refractivity contribution in [2.45, 2.75) is 19.4 Å². The molecule has 154 valence electrons. The molecule has 2 fully saturated rings. The molecule has 0 unspecified atom stereocenters. The molecule has 0 radical (unpaired) electrons. The van der Waals surface area contributed by atoms with Crippen molar-refractivity contribution >= 4 is 34.9 Å². The number of rotatable bonds is 6. The Morgan fingerprint density at radius 2 is 1.70 bits per heavy atom. The van der Waals surface area contributed by atoms with Crippen molar-refractivity contribution < 1.29 is 19.1 Å². The molecule has 6 nitrogen and oxygen atoms in total. The maximum Gasteiger partial charge on any atom is 0.294 e. The zero-order valence-electron chi connectivity index (χ0n) is 16.5. The SMILES string of the molecule is O=C(CN1C(=O)S/C(=C/c2ccccc2OCc2ccccc2)C1=O)N1CCCC1. The maximum atomic E-state index is 12.8. The Balaban J connectivity index is 1.47. The number of hydrogen-bond acceptors (Lipinski definition) is 5. The Kier molecular flexibility index (Phi) is 6.18. The average molecular weight is 423 g/mol. The molecule has 0 aliphatic carbocycles. The summed E-state index contributed by atoms with van der Waals surface area (Å²) in [6, 6.07) is 17.2. The highest BCUT2D eigenvalue weighted by molar-refractivity contribution is 8.18. The summed E-state index contributed by atoms with van der Waals surface area (Å²) in [4.78, 5) is 40.5. The van der Waals surface area contributed by atoms with E-state index in [0.717, 1.165) is 35.1 Å². The first-order chi connectivity index (χ1) is 14.6. The largest absolute Gasteiger partial charge is 0.488 e. The second-order valence-corrected chi connectivity index (χ2v) is 8.16. The Hall–Kier alpha value is -3.06. The van der Waals surface area contributed by atoms with E-state index in [2.05, 4.69) is 0 Å². The highest BCUT2D eigenvalue weighted by atomic mass is 32.2. The van der Waals surface area contributed by atoms with Gasteiger partial charge in [0.15, 0.2) is 0 Å². The van der Waals surface area contributed by atoms with Gasteiger partial charge < -0.3 is 9.64 Å². The number of imide groups is 1. The molecule has 0 atom stereocenters. The summed E-state index contributed by atoms with van der Waals surface area (Å²) < 4.78 is 5.93. The molecule has 2 aliphatic rings. The van der Waals surface area contributed by atoms with Gasteiger partial charge in [-0.25, -0.2) is 0 Å². The number of carbonyl (C=O) groups is 3. The Morgan fingerprint density at radius 3 is 2.47 bits per heavy atom. The molecule has 2 aromatic rings.